The van der Waals surface area contributed by atoms with Crippen LogP contribution >= 0.6 is 0 Å². The van der Waals surface area contributed by atoms with E-state index in [1.54, 1.807) is 24.3 Å². The zero-order valence-corrected chi connectivity index (χ0v) is 11.5. The van der Waals surface area contributed by atoms with Gasteiger partial charge < -0.3 is 15.4 Å². The Morgan fingerprint density at radius 1 is 1.21 bits per heavy atom. The van der Waals surface area contributed by atoms with Crippen molar-refractivity contribution in [1.29, 1.82) is 0 Å². The molecule has 0 saturated carbocycles. The summed E-state index contributed by atoms with van der Waals surface area (Å²) >= 11 is 0. The van der Waals surface area contributed by atoms with Crippen molar-refractivity contribution in [3.05, 3.63) is 29.8 Å². The smallest absolute Gasteiger partial charge is 0.339 e. The van der Waals surface area contributed by atoms with Gasteiger partial charge in [0, 0.05) is 6.04 Å². The molecular weight excluding hydrogens is 244 g/mol. The van der Waals surface area contributed by atoms with E-state index in [1.807, 2.05) is 13.8 Å². The number of methoxy groups -OCH3 is 1. The average Bonchev–Trinajstić information content (AvgIpc) is 2.44. The Bertz CT molecular complexity index is 442. The molecule has 104 valence electrons. The van der Waals surface area contributed by atoms with Gasteiger partial charge in [0.25, 0.3) is 0 Å². The number of benzene rings is 1. The summed E-state index contributed by atoms with van der Waals surface area (Å²) in [6.45, 7) is 4.02. The Balaban J connectivity index is 2.76. The molecule has 0 fully saturated rings. The van der Waals surface area contributed by atoms with Crippen LogP contribution in [0.5, 0.6) is 0 Å². The van der Waals surface area contributed by atoms with Gasteiger partial charge in [-0.25, -0.2) is 9.59 Å². The molecule has 0 aromatic heterocycles. The Kier molecular flexibility index (Phi) is 5.85. The third kappa shape index (κ3) is 4.28. The van der Waals surface area contributed by atoms with Crippen LogP contribution in [0.1, 0.15) is 37.0 Å². The predicted octanol–water partition coefficient (Wildman–Crippen LogP) is 2.78. The van der Waals surface area contributed by atoms with Crippen LogP contribution in [0.4, 0.5) is 10.5 Å². The summed E-state index contributed by atoms with van der Waals surface area (Å²) in [5.74, 6) is -0.474. The van der Waals surface area contributed by atoms with Gasteiger partial charge in [-0.3, -0.25) is 0 Å². The van der Waals surface area contributed by atoms with Gasteiger partial charge >= 0.3 is 12.0 Å². The number of hydrogen-bond acceptors (Lipinski definition) is 3. The summed E-state index contributed by atoms with van der Waals surface area (Å²) < 4.78 is 4.67. The highest BCUT2D eigenvalue weighted by atomic mass is 16.5. The molecule has 0 saturated heterocycles. The molecule has 0 spiro atoms. The number of carbonyl (C=O) groups is 2. The van der Waals surface area contributed by atoms with E-state index in [0.717, 1.165) is 12.8 Å². The number of amides is 2. The van der Waals surface area contributed by atoms with Crippen molar-refractivity contribution in [3.8, 4) is 0 Å². The van der Waals surface area contributed by atoms with Crippen molar-refractivity contribution in [2.45, 2.75) is 32.7 Å². The maximum Gasteiger partial charge on any atom is 0.339 e. The molecule has 1 aromatic rings. The maximum atomic E-state index is 11.8. The van der Waals surface area contributed by atoms with Gasteiger partial charge in [0.05, 0.1) is 18.4 Å². The Morgan fingerprint density at radius 3 is 2.42 bits per heavy atom. The number of esters is 1. The first-order valence-electron chi connectivity index (χ1n) is 6.37. The second kappa shape index (κ2) is 7.41. The van der Waals surface area contributed by atoms with Crippen molar-refractivity contribution < 1.29 is 14.3 Å². The van der Waals surface area contributed by atoms with Gasteiger partial charge in [-0.15, -0.1) is 0 Å². The normalized spacial score (nSPS) is 10.1. The highest BCUT2D eigenvalue weighted by Gasteiger charge is 2.14. The molecule has 0 bridgehead atoms. The molecule has 0 heterocycles. The number of hydrogen-bond donors (Lipinski definition) is 2. The molecule has 1 aromatic carbocycles. The van der Waals surface area contributed by atoms with Gasteiger partial charge in [0.15, 0.2) is 0 Å². The average molecular weight is 264 g/mol. The van der Waals surface area contributed by atoms with Crippen LogP contribution in [0.15, 0.2) is 24.3 Å². The van der Waals surface area contributed by atoms with Gasteiger partial charge in [0.2, 0.25) is 0 Å². The SMILES string of the molecule is CCC(CC)NC(=O)Nc1ccccc1C(=O)OC. The fraction of sp³-hybridized carbons (Fsp3) is 0.429. The van der Waals surface area contributed by atoms with Crippen molar-refractivity contribution in [3.63, 3.8) is 0 Å². The lowest BCUT2D eigenvalue weighted by atomic mass is 10.1. The molecule has 5 heteroatoms. The molecule has 0 unspecified atom stereocenters. The molecular formula is C14H20N2O3. The second-order valence-electron chi connectivity index (χ2n) is 4.15. The number of urea groups is 1. The first kappa shape index (κ1) is 15.0. The van der Waals surface area contributed by atoms with Crippen LogP contribution in [-0.2, 0) is 4.74 Å². The summed E-state index contributed by atoms with van der Waals surface area (Å²) in [7, 11) is 1.31. The largest absolute Gasteiger partial charge is 0.465 e. The Labute approximate surface area is 113 Å². The number of nitrogens with one attached hydrogen (secondary N) is 2. The lowest BCUT2D eigenvalue weighted by Crippen LogP contribution is -2.37. The summed E-state index contributed by atoms with van der Waals surface area (Å²) in [6, 6.07) is 6.56. The van der Waals surface area contributed by atoms with Gasteiger partial charge in [-0.2, -0.15) is 0 Å². The standard InChI is InChI=1S/C14H20N2O3/c1-4-10(5-2)15-14(18)16-12-9-7-6-8-11(12)13(17)19-3/h6-10H,4-5H2,1-3H3,(H2,15,16,18). The molecule has 2 N–H and O–H groups in total. The second-order valence-corrected chi connectivity index (χ2v) is 4.15. The summed E-state index contributed by atoms with van der Waals surface area (Å²) in [5, 5.41) is 5.52. The van der Waals surface area contributed by atoms with E-state index in [2.05, 4.69) is 15.4 Å². The zero-order chi connectivity index (χ0) is 14.3. The summed E-state index contributed by atoms with van der Waals surface area (Å²) in [6.07, 6.45) is 1.73. The molecule has 5 nitrogen and oxygen atoms in total. The fourth-order valence-electron chi connectivity index (χ4n) is 1.72. The number of carbonyl (C=O) groups excluding carboxylic acids is 2. The molecule has 0 aliphatic rings. The molecule has 2 amide bonds. The fourth-order valence-corrected chi connectivity index (χ4v) is 1.72. The summed E-state index contributed by atoms with van der Waals surface area (Å²) in [5.41, 5.74) is 0.780. The van der Waals surface area contributed by atoms with E-state index in [9.17, 15) is 9.59 Å². The maximum absolute atomic E-state index is 11.8. The van der Waals surface area contributed by atoms with Gasteiger partial charge in [0.1, 0.15) is 0 Å². The van der Waals surface area contributed by atoms with E-state index in [0.29, 0.717) is 11.3 Å². The molecule has 0 aliphatic heterocycles. The van der Waals surface area contributed by atoms with Crippen LogP contribution in [0.3, 0.4) is 0 Å². The highest BCUT2D eigenvalue weighted by molar-refractivity contribution is 6.00. The third-order valence-electron chi connectivity index (χ3n) is 2.90. The lowest BCUT2D eigenvalue weighted by Gasteiger charge is -2.16. The summed E-state index contributed by atoms with van der Waals surface area (Å²) in [4.78, 5) is 23.4. The van der Waals surface area contributed by atoms with Crippen molar-refractivity contribution >= 4 is 17.7 Å². The molecule has 0 aliphatic carbocycles. The van der Waals surface area contributed by atoms with Crippen LogP contribution in [0, 0.1) is 0 Å². The molecule has 0 radical (unpaired) electrons. The Morgan fingerprint density at radius 2 is 1.84 bits per heavy atom. The zero-order valence-electron chi connectivity index (χ0n) is 11.5. The quantitative estimate of drug-likeness (QED) is 0.803. The minimum Gasteiger partial charge on any atom is -0.465 e. The van der Waals surface area contributed by atoms with Crippen LogP contribution in [0.25, 0.3) is 0 Å². The van der Waals surface area contributed by atoms with E-state index in [1.165, 1.54) is 7.11 Å². The number of ether oxygens (including phenoxy) is 1. The minimum atomic E-state index is -0.474. The van der Waals surface area contributed by atoms with Crippen LogP contribution < -0.4 is 10.6 Å². The lowest BCUT2D eigenvalue weighted by molar-refractivity contribution is 0.0602. The van der Waals surface area contributed by atoms with Crippen LogP contribution in [-0.4, -0.2) is 25.2 Å². The van der Waals surface area contributed by atoms with E-state index < -0.39 is 5.97 Å². The molecule has 19 heavy (non-hydrogen) atoms. The van der Waals surface area contributed by atoms with E-state index >= 15 is 0 Å². The van der Waals surface area contributed by atoms with Crippen LogP contribution in [0.2, 0.25) is 0 Å². The van der Waals surface area contributed by atoms with Crippen molar-refractivity contribution in [1.82, 2.24) is 5.32 Å². The Hall–Kier alpha value is -2.04. The highest BCUT2D eigenvalue weighted by Crippen LogP contribution is 2.15. The number of rotatable bonds is 5. The molecule has 1 rings (SSSR count). The molecule has 0 atom stereocenters. The first-order valence-corrected chi connectivity index (χ1v) is 6.37. The topological polar surface area (TPSA) is 67.4 Å². The van der Waals surface area contributed by atoms with Crippen molar-refractivity contribution in [2.75, 3.05) is 12.4 Å². The number of anilines is 1. The first-order chi connectivity index (χ1) is 9.12. The van der Waals surface area contributed by atoms with E-state index in [-0.39, 0.29) is 12.1 Å². The monoisotopic (exact) mass is 264 g/mol. The minimum absolute atomic E-state index is 0.130. The van der Waals surface area contributed by atoms with Crippen molar-refractivity contribution in [2.24, 2.45) is 0 Å². The van der Waals surface area contributed by atoms with E-state index in [4.69, 9.17) is 0 Å². The van der Waals surface area contributed by atoms with Gasteiger partial charge in [-0.05, 0) is 25.0 Å². The third-order valence-corrected chi connectivity index (χ3v) is 2.90. The van der Waals surface area contributed by atoms with Gasteiger partial charge in [-0.1, -0.05) is 26.0 Å². The number of para-hydroxylation sites is 1. The predicted molar refractivity (Wildman–Crippen MR) is 74.3 cm³/mol.